The quantitative estimate of drug-likeness (QED) is 0.874. The van der Waals surface area contributed by atoms with Crippen LogP contribution >= 0.6 is 0 Å². The molecule has 1 aliphatic heterocycles. The van der Waals surface area contributed by atoms with Crippen molar-refractivity contribution in [3.8, 4) is 0 Å². The van der Waals surface area contributed by atoms with E-state index < -0.39 is 0 Å². The van der Waals surface area contributed by atoms with Crippen molar-refractivity contribution in [2.45, 2.75) is 32.2 Å². The monoisotopic (exact) mass is 309 g/mol. The van der Waals surface area contributed by atoms with Gasteiger partial charge < -0.3 is 4.90 Å². The predicted molar refractivity (Wildman–Crippen MR) is 88.1 cm³/mol. The molecule has 2 aromatic rings. The van der Waals surface area contributed by atoms with Crippen LogP contribution in [0.1, 0.15) is 37.8 Å². The second-order valence-electron chi connectivity index (χ2n) is 7.58. The Morgan fingerprint density at radius 1 is 1.04 bits per heavy atom. The summed E-state index contributed by atoms with van der Waals surface area (Å²) in [6.07, 6.45) is 4.38. The minimum absolute atomic E-state index is 0.165. The number of rotatable bonds is 3. The number of anilines is 1. The number of benzene rings is 1. The van der Waals surface area contributed by atoms with Crippen molar-refractivity contribution in [3.63, 3.8) is 0 Å². The molecule has 0 spiro atoms. The van der Waals surface area contributed by atoms with Crippen molar-refractivity contribution >= 4 is 5.95 Å². The summed E-state index contributed by atoms with van der Waals surface area (Å²) in [6.45, 7) is 4.47. The highest BCUT2D eigenvalue weighted by Crippen LogP contribution is 2.55. The molecule has 5 rings (SSSR count). The summed E-state index contributed by atoms with van der Waals surface area (Å²) < 4.78 is 2.00. The molecule has 1 aromatic carbocycles. The van der Waals surface area contributed by atoms with Gasteiger partial charge in [0, 0.05) is 13.1 Å². The van der Waals surface area contributed by atoms with E-state index in [4.69, 9.17) is 0 Å². The lowest BCUT2D eigenvalue weighted by molar-refractivity contribution is 0.281. The first-order valence-electron chi connectivity index (χ1n) is 8.89. The summed E-state index contributed by atoms with van der Waals surface area (Å²) in [7, 11) is 0. The fourth-order valence-corrected chi connectivity index (χ4v) is 5.37. The normalized spacial score (nSPS) is 33.2. The van der Waals surface area contributed by atoms with E-state index in [0.717, 1.165) is 42.7 Å². The number of hydrogen-bond acceptors (Lipinski definition) is 4. The van der Waals surface area contributed by atoms with Gasteiger partial charge in [-0.15, -0.1) is 0 Å². The zero-order chi connectivity index (χ0) is 15.4. The molecule has 1 aromatic heterocycles. The van der Waals surface area contributed by atoms with Gasteiger partial charge in [0.15, 0.2) is 0 Å². The van der Waals surface area contributed by atoms with Crippen LogP contribution in [0.25, 0.3) is 0 Å². The van der Waals surface area contributed by atoms with E-state index in [1.807, 2.05) is 10.7 Å². The average molecular weight is 309 g/mol. The maximum atomic E-state index is 4.37. The lowest BCUT2D eigenvalue weighted by Crippen LogP contribution is -2.27. The third-order valence-electron chi connectivity index (χ3n) is 6.54. The summed E-state index contributed by atoms with van der Waals surface area (Å²) in [5, 5.41) is 12.7. The minimum Gasteiger partial charge on any atom is -0.339 e. The highest BCUT2D eigenvalue weighted by Gasteiger charge is 2.52. The maximum Gasteiger partial charge on any atom is 0.246 e. The van der Waals surface area contributed by atoms with Gasteiger partial charge in [0.1, 0.15) is 0 Å². The third-order valence-corrected chi connectivity index (χ3v) is 6.54. The predicted octanol–water partition coefficient (Wildman–Crippen LogP) is 2.76. The molecule has 120 valence electrons. The molecule has 2 saturated carbocycles. The number of tetrazole rings is 1. The van der Waals surface area contributed by atoms with Gasteiger partial charge in [-0.1, -0.05) is 35.4 Å². The summed E-state index contributed by atoms with van der Waals surface area (Å²) in [4.78, 5) is 2.44. The van der Waals surface area contributed by atoms with Crippen molar-refractivity contribution in [2.75, 3.05) is 18.0 Å². The Balaban J connectivity index is 1.42. The Morgan fingerprint density at radius 2 is 1.74 bits per heavy atom. The highest BCUT2D eigenvalue weighted by molar-refractivity contribution is 5.34. The molecule has 0 N–H and O–H groups in total. The van der Waals surface area contributed by atoms with E-state index in [1.165, 1.54) is 24.8 Å². The molecule has 2 bridgehead atoms. The van der Waals surface area contributed by atoms with Crippen LogP contribution in [-0.2, 0) is 0 Å². The SMILES string of the molecule is CC(c1ccccc1)n1nnnc1N1C[C@@H]2[C@@H]3CC[C@@H](C3)[C@@H]2C1. The first-order valence-corrected chi connectivity index (χ1v) is 8.89. The Labute approximate surface area is 136 Å². The van der Waals surface area contributed by atoms with Gasteiger partial charge in [0.2, 0.25) is 5.95 Å². The van der Waals surface area contributed by atoms with E-state index in [-0.39, 0.29) is 6.04 Å². The lowest BCUT2D eigenvalue weighted by atomic mass is 9.82. The van der Waals surface area contributed by atoms with Crippen LogP contribution in [0, 0.1) is 23.7 Å². The van der Waals surface area contributed by atoms with Crippen LogP contribution in [0.15, 0.2) is 30.3 Å². The Morgan fingerprint density at radius 3 is 2.43 bits per heavy atom. The van der Waals surface area contributed by atoms with Gasteiger partial charge >= 0.3 is 0 Å². The largest absolute Gasteiger partial charge is 0.339 e. The molecule has 1 saturated heterocycles. The smallest absolute Gasteiger partial charge is 0.246 e. The van der Waals surface area contributed by atoms with E-state index in [0.29, 0.717) is 0 Å². The van der Waals surface area contributed by atoms with Crippen LogP contribution < -0.4 is 4.90 Å². The molecule has 0 radical (unpaired) electrons. The van der Waals surface area contributed by atoms with E-state index in [9.17, 15) is 0 Å². The summed E-state index contributed by atoms with van der Waals surface area (Å²) in [5.74, 6) is 4.64. The van der Waals surface area contributed by atoms with Gasteiger partial charge in [0.05, 0.1) is 6.04 Å². The van der Waals surface area contributed by atoms with Gasteiger partial charge in [-0.3, -0.25) is 0 Å². The van der Waals surface area contributed by atoms with Crippen LogP contribution in [0.2, 0.25) is 0 Å². The zero-order valence-electron chi connectivity index (χ0n) is 13.5. The fraction of sp³-hybridized carbons (Fsp3) is 0.611. The molecule has 0 amide bonds. The van der Waals surface area contributed by atoms with Crippen molar-refractivity contribution in [2.24, 2.45) is 23.7 Å². The van der Waals surface area contributed by atoms with Crippen LogP contribution in [-0.4, -0.2) is 33.3 Å². The van der Waals surface area contributed by atoms with Gasteiger partial charge in [-0.05, 0) is 65.8 Å². The van der Waals surface area contributed by atoms with Crippen molar-refractivity contribution in [1.29, 1.82) is 0 Å². The van der Waals surface area contributed by atoms with E-state index >= 15 is 0 Å². The van der Waals surface area contributed by atoms with Crippen LogP contribution in [0.5, 0.6) is 0 Å². The minimum atomic E-state index is 0.165. The third kappa shape index (κ3) is 2.02. The average Bonchev–Trinajstić information content (AvgIpc) is 3.34. The summed E-state index contributed by atoms with van der Waals surface area (Å²) >= 11 is 0. The second kappa shape index (κ2) is 5.05. The Hall–Kier alpha value is -1.91. The number of hydrogen-bond donors (Lipinski definition) is 0. The zero-order valence-corrected chi connectivity index (χ0v) is 13.5. The molecule has 1 unspecified atom stereocenters. The molecule has 2 aliphatic carbocycles. The van der Waals surface area contributed by atoms with Crippen LogP contribution in [0.4, 0.5) is 5.95 Å². The standard InChI is InChI=1S/C18H23N5/c1-12(13-5-3-2-4-6-13)23-18(19-20-21-23)22-10-16-14-7-8-15(9-14)17(16)11-22/h2-6,12,14-17H,7-11H2,1H3/t12?,14-,15+,16-,17+. The van der Waals surface area contributed by atoms with Gasteiger partial charge in [0.25, 0.3) is 0 Å². The molecule has 3 aliphatic rings. The number of nitrogens with zero attached hydrogens (tertiary/aromatic N) is 5. The van der Waals surface area contributed by atoms with Crippen molar-refractivity contribution < 1.29 is 0 Å². The van der Waals surface area contributed by atoms with E-state index in [2.05, 4.69) is 51.6 Å². The lowest BCUT2D eigenvalue weighted by Gasteiger charge is -2.22. The maximum absolute atomic E-state index is 4.37. The van der Waals surface area contributed by atoms with Crippen molar-refractivity contribution in [3.05, 3.63) is 35.9 Å². The first kappa shape index (κ1) is 13.5. The molecule has 5 nitrogen and oxygen atoms in total. The molecule has 3 fully saturated rings. The Bertz CT molecular complexity index is 678. The molecule has 5 atom stereocenters. The highest BCUT2D eigenvalue weighted by atomic mass is 15.6. The Kier molecular flexibility index (Phi) is 2.97. The van der Waals surface area contributed by atoms with Gasteiger partial charge in [-0.2, -0.15) is 0 Å². The summed E-state index contributed by atoms with van der Waals surface area (Å²) in [5.41, 5.74) is 1.25. The molecule has 23 heavy (non-hydrogen) atoms. The molecular formula is C18H23N5. The first-order chi connectivity index (χ1) is 11.3. The molecule has 2 heterocycles. The topological polar surface area (TPSA) is 46.8 Å². The molecular weight excluding hydrogens is 286 g/mol. The summed E-state index contributed by atoms with van der Waals surface area (Å²) in [6, 6.07) is 10.7. The van der Waals surface area contributed by atoms with Crippen molar-refractivity contribution in [1.82, 2.24) is 20.2 Å². The second-order valence-corrected chi connectivity index (χ2v) is 7.58. The fourth-order valence-electron chi connectivity index (χ4n) is 5.37. The van der Waals surface area contributed by atoms with Crippen LogP contribution in [0.3, 0.4) is 0 Å². The molecule has 5 heteroatoms. The van der Waals surface area contributed by atoms with E-state index in [1.54, 1.807) is 0 Å². The number of fused-ring (bicyclic) bond motifs is 5. The van der Waals surface area contributed by atoms with Gasteiger partial charge in [-0.25, -0.2) is 4.68 Å². The number of aromatic nitrogens is 4.